The number of aliphatic hydroxyl groups is 1. The van der Waals surface area contributed by atoms with Crippen molar-refractivity contribution in [2.45, 2.75) is 42.9 Å². The smallest absolute Gasteiger partial charge is 0.230 e. The van der Waals surface area contributed by atoms with E-state index in [2.05, 4.69) is 5.32 Å². The third kappa shape index (κ3) is 3.24. The molecular formula is C16H22FNO2S. The van der Waals surface area contributed by atoms with Crippen LogP contribution in [0.3, 0.4) is 0 Å². The number of nitrogens with one attached hydrogen (secondary N) is 1. The first-order valence-electron chi connectivity index (χ1n) is 7.24. The minimum Gasteiger partial charge on any atom is -0.395 e. The number of carbonyl (C=O) groups is 1. The van der Waals surface area contributed by atoms with Crippen molar-refractivity contribution in [1.29, 1.82) is 0 Å². The highest BCUT2D eigenvalue weighted by Crippen LogP contribution is 2.44. The van der Waals surface area contributed by atoms with Gasteiger partial charge in [-0.2, -0.15) is 11.8 Å². The molecule has 0 saturated heterocycles. The fourth-order valence-corrected chi connectivity index (χ4v) is 3.45. The maximum atomic E-state index is 13.1. The van der Waals surface area contributed by atoms with Crippen LogP contribution in [-0.2, 0) is 10.2 Å². The zero-order chi connectivity index (χ0) is 15.5. The Kier molecular flexibility index (Phi) is 5.27. The van der Waals surface area contributed by atoms with Gasteiger partial charge in [0.1, 0.15) is 5.82 Å². The average molecular weight is 311 g/mol. The second kappa shape index (κ2) is 6.79. The van der Waals surface area contributed by atoms with E-state index in [1.165, 1.54) is 23.9 Å². The number of hydrogen-bond acceptors (Lipinski definition) is 3. The van der Waals surface area contributed by atoms with E-state index in [0.717, 1.165) is 24.8 Å². The molecule has 1 fully saturated rings. The van der Waals surface area contributed by atoms with Crippen molar-refractivity contribution in [3.63, 3.8) is 0 Å². The molecule has 0 bridgehead atoms. The minimum atomic E-state index is -0.527. The van der Waals surface area contributed by atoms with Crippen LogP contribution in [0.4, 0.5) is 4.39 Å². The summed E-state index contributed by atoms with van der Waals surface area (Å²) in [5, 5.41) is 12.3. The number of benzene rings is 1. The third-order valence-corrected chi connectivity index (χ3v) is 5.60. The summed E-state index contributed by atoms with van der Waals surface area (Å²) in [4.78, 5) is 12.7. The maximum absolute atomic E-state index is 13.1. The SMILES string of the molecule is CSC(CO)C(C)NC(=O)C1(c2ccc(F)cc2)CCC1. The Balaban J connectivity index is 2.13. The van der Waals surface area contributed by atoms with Gasteiger partial charge in [0.05, 0.1) is 12.0 Å². The van der Waals surface area contributed by atoms with Crippen LogP contribution in [0.15, 0.2) is 24.3 Å². The molecule has 0 aromatic heterocycles. The summed E-state index contributed by atoms with van der Waals surface area (Å²) < 4.78 is 13.1. The van der Waals surface area contributed by atoms with E-state index in [0.29, 0.717) is 0 Å². The molecule has 0 radical (unpaired) electrons. The van der Waals surface area contributed by atoms with Gasteiger partial charge in [0.2, 0.25) is 5.91 Å². The molecule has 0 aliphatic heterocycles. The third-order valence-electron chi connectivity index (χ3n) is 4.44. The lowest BCUT2D eigenvalue weighted by Gasteiger charge is -2.42. The van der Waals surface area contributed by atoms with E-state index in [1.54, 1.807) is 12.1 Å². The van der Waals surface area contributed by atoms with E-state index >= 15 is 0 Å². The fourth-order valence-electron chi connectivity index (χ4n) is 2.82. The largest absolute Gasteiger partial charge is 0.395 e. The quantitative estimate of drug-likeness (QED) is 0.848. The van der Waals surface area contributed by atoms with E-state index in [4.69, 9.17) is 0 Å². The highest BCUT2D eigenvalue weighted by atomic mass is 32.2. The van der Waals surface area contributed by atoms with Crippen molar-refractivity contribution in [3.8, 4) is 0 Å². The summed E-state index contributed by atoms with van der Waals surface area (Å²) in [5.41, 5.74) is 0.352. The first kappa shape index (κ1) is 16.3. The molecule has 21 heavy (non-hydrogen) atoms. The Morgan fingerprint density at radius 3 is 2.48 bits per heavy atom. The van der Waals surface area contributed by atoms with Crippen molar-refractivity contribution in [3.05, 3.63) is 35.6 Å². The van der Waals surface area contributed by atoms with Gasteiger partial charge < -0.3 is 10.4 Å². The van der Waals surface area contributed by atoms with Gasteiger partial charge in [-0.3, -0.25) is 4.79 Å². The lowest BCUT2D eigenvalue weighted by molar-refractivity contribution is -0.130. The molecule has 1 aromatic carbocycles. The first-order chi connectivity index (χ1) is 10.0. The maximum Gasteiger partial charge on any atom is 0.230 e. The second-order valence-corrected chi connectivity index (χ2v) is 6.74. The molecule has 2 atom stereocenters. The van der Waals surface area contributed by atoms with E-state index in [1.807, 2.05) is 13.2 Å². The van der Waals surface area contributed by atoms with E-state index in [9.17, 15) is 14.3 Å². The molecule has 3 nitrogen and oxygen atoms in total. The highest BCUT2D eigenvalue weighted by Gasteiger charge is 2.46. The summed E-state index contributed by atoms with van der Waals surface area (Å²) in [6, 6.07) is 6.12. The molecule has 1 aliphatic carbocycles. The van der Waals surface area contributed by atoms with Crippen molar-refractivity contribution >= 4 is 17.7 Å². The van der Waals surface area contributed by atoms with Crippen LogP contribution in [0.1, 0.15) is 31.7 Å². The summed E-state index contributed by atoms with van der Waals surface area (Å²) >= 11 is 1.54. The van der Waals surface area contributed by atoms with Crippen molar-refractivity contribution < 1.29 is 14.3 Å². The van der Waals surface area contributed by atoms with Gasteiger partial charge >= 0.3 is 0 Å². The fraction of sp³-hybridized carbons (Fsp3) is 0.562. The lowest BCUT2D eigenvalue weighted by atomic mass is 9.63. The van der Waals surface area contributed by atoms with Gasteiger partial charge in [0.15, 0.2) is 0 Å². The van der Waals surface area contributed by atoms with Gasteiger partial charge in [0.25, 0.3) is 0 Å². The number of halogens is 1. The summed E-state index contributed by atoms with van der Waals surface area (Å²) in [6.07, 6.45) is 4.51. The Bertz CT molecular complexity index is 484. The number of aliphatic hydroxyl groups excluding tert-OH is 1. The predicted molar refractivity (Wildman–Crippen MR) is 83.9 cm³/mol. The second-order valence-electron chi connectivity index (χ2n) is 5.66. The molecule has 1 saturated carbocycles. The van der Waals surface area contributed by atoms with Gasteiger partial charge in [-0.15, -0.1) is 0 Å². The molecule has 1 aliphatic rings. The molecule has 116 valence electrons. The first-order valence-corrected chi connectivity index (χ1v) is 8.53. The molecule has 0 spiro atoms. The molecule has 5 heteroatoms. The van der Waals surface area contributed by atoms with E-state index < -0.39 is 5.41 Å². The van der Waals surface area contributed by atoms with Gasteiger partial charge in [0, 0.05) is 11.3 Å². The van der Waals surface area contributed by atoms with Gasteiger partial charge in [-0.1, -0.05) is 18.6 Å². The van der Waals surface area contributed by atoms with Crippen LogP contribution < -0.4 is 5.32 Å². The van der Waals surface area contributed by atoms with Crippen LogP contribution in [0.2, 0.25) is 0 Å². The van der Waals surface area contributed by atoms with Gasteiger partial charge in [-0.25, -0.2) is 4.39 Å². The minimum absolute atomic E-state index is 0.0136. The Hall–Kier alpha value is -1.07. The number of hydrogen-bond donors (Lipinski definition) is 2. The Labute approximate surface area is 129 Å². The Morgan fingerprint density at radius 1 is 1.43 bits per heavy atom. The summed E-state index contributed by atoms with van der Waals surface area (Å²) in [6.45, 7) is 1.94. The van der Waals surface area contributed by atoms with Crippen molar-refractivity contribution in [2.75, 3.05) is 12.9 Å². The molecule has 1 aromatic rings. The van der Waals surface area contributed by atoms with Crippen molar-refractivity contribution in [1.82, 2.24) is 5.32 Å². The van der Waals surface area contributed by atoms with Crippen LogP contribution >= 0.6 is 11.8 Å². The Morgan fingerprint density at radius 2 is 2.05 bits per heavy atom. The molecule has 2 unspecified atom stereocenters. The average Bonchev–Trinajstić information content (AvgIpc) is 2.41. The van der Waals surface area contributed by atoms with Gasteiger partial charge in [-0.05, 0) is 43.7 Å². The van der Waals surface area contributed by atoms with Crippen molar-refractivity contribution in [2.24, 2.45) is 0 Å². The molecule has 1 amide bonds. The number of rotatable bonds is 6. The predicted octanol–water partition coefficient (Wildman–Crippen LogP) is 2.48. The molecular weight excluding hydrogens is 289 g/mol. The molecule has 2 N–H and O–H groups in total. The highest BCUT2D eigenvalue weighted by molar-refractivity contribution is 7.99. The number of thioether (sulfide) groups is 1. The summed E-state index contributed by atoms with van der Waals surface area (Å²) in [5.74, 6) is -0.301. The topological polar surface area (TPSA) is 49.3 Å². The van der Waals surface area contributed by atoms with Crippen LogP contribution in [0, 0.1) is 5.82 Å². The molecule has 2 rings (SSSR count). The van der Waals surface area contributed by atoms with Crippen LogP contribution in [-0.4, -0.2) is 35.2 Å². The summed E-state index contributed by atoms with van der Waals surface area (Å²) in [7, 11) is 0. The van der Waals surface area contributed by atoms with E-state index in [-0.39, 0.29) is 29.6 Å². The lowest BCUT2D eigenvalue weighted by Crippen LogP contribution is -2.53. The molecule has 0 heterocycles. The van der Waals surface area contributed by atoms with Crippen LogP contribution in [0.25, 0.3) is 0 Å². The monoisotopic (exact) mass is 311 g/mol. The number of carbonyl (C=O) groups excluding carboxylic acids is 1. The normalized spacial score (nSPS) is 19.4. The zero-order valence-corrected chi connectivity index (χ0v) is 13.3. The number of amides is 1. The van der Waals surface area contributed by atoms with Crippen LogP contribution in [0.5, 0.6) is 0 Å². The standard InChI is InChI=1S/C16H22FNO2S/c1-11(14(10-19)21-2)18-15(20)16(8-3-9-16)12-4-6-13(17)7-5-12/h4-7,11,14,19H,3,8-10H2,1-2H3,(H,18,20). The zero-order valence-electron chi connectivity index (χ0n) is 12.4.